The molecule has 0 unspecified atom stereocenters. The number of halogens is 1. The van der Waals surface area contributed by atoms with Gasteiger partial charge in [-0.15, -0.1) is 0 Å². The van der Waals surface area contributed by atoms with E-state index in [4.69, 9.17) is 16.1 Å². The third-order valence-corrected chi connectivity index (χ3v) is 4.09. The second-order valence-electron chi connectivity index (χ2n) is 5.56. The van der Waals surface area contributed by atoms with Gasteiger partial charge in [0.15, 0.2) is 0 Å². The van der Waals surface area contributed by atoms with Crippen molar-refractivity contribution in [2.45, 2.75) is 13.5 Å². The first-order valence-electron chi connectivity index (χ1n) is 7.63. The highest BCUT2D eigenvalue weighted by molar-refractivity contribution is 6.30. The fraction of sp³-hybridized carbons (Fsp3) is 0.167. The highest BCUT2D eigenvalue weighted by atomic mass is 35.5. The van der Waals surface area contributed by atoms with Gasteiger partial charge in [0.1, 0.15) is 0 Å². The minimum absolute atomic E-state index is 0.122. The Morgan fingerprint density at radius 1 is 1.24 bits per heavy atom. The van der Waals surface area contributed by atoms with E-state index >= 15 is 0 Å². The molecule has 0 saturated carbocycles. The molecule has 25 heavy (non-hydrogen) atoms. The van der Waals surface area contributed by atoms with Crippen LogP contribution in [0.4, 0.5) is 0 Å². The van der Waals surface area contributed by atoms with Crippen LogP contribution < -0.4 is 10.9 Å². The quantitative estimate of drug-likeness (QED) is 0.778. The molecule has 0 bridgehead atoms. The molecule has 2 heterocycles. The Bertz CT molecular complexity index is 974. The number of benzene rings is 1. The molecule has 1 aromatic carbocycles. The zero-order chi connectivity index (χ0) is 18.0. The number of amides is 1. The van der Waals surface area contributed by atoms with Crippen LogP contribution in [0, 0.1) is 6.92 Å². The lowest BCUT2D eigenvalue weighted by atomic mass is 10.1. The lowest BCUT2D eigenvalue weighted by molar-refractivity contribution is 0.0927. The molecule has 0 spiro atoms. The van der Waals surface area contributed by atoms with Gasteiger partial charge in [0.2, 0.25) is 5.76 Å². The van der Waals surface area contributed by atoms with Gasteiger partial charge < -0.3 is 14.4 Å². The van der Waals surface area contributed by atoms with Crippen LogP contribution in [0.15, 0.2) is 51.9 Å². The van der Waals surface area contributed by atoms with E-state index in [1.165, 1.54) is 13.1 Å². The maximum absolute atomic E-state index is 12.2. The van der Waals surface area contributed by atoms with Crippen molar-refractivity contribution in [3.8, 4) is 11.1 Å². The first kappa shape index (κ1) is 17.0. The van der Waals surface area contributed by atoms with Gasteiger partial charge >= 0.3 is 0 Å². The van der Waals surface area contributed by atoms with Gasteiger partial charge in [0.05, 0.1) is 17.8 Å². The minimum atomic E-state index is -0.369. The molecule has 0 atom stereocenters. The molecule has 0 saturated heterocycles. The summed E-state index contributed by atoms with van der Waals surface area (Å²) in [6.45, 7) is 2.14. The van der Waals surface area contributed by atoms with Crippen LogP contribution in [0.1, 0.15) is 21.8 Å². The number of nitrogens with one attached hydrogen (secondary N) is 1. The molecule has 0 fully saturated rings. The largest absolute Gasteiger partial charge is 0.352 e. The predicted molar refractivity (Wildman–Crippen MR) is 94.9 cm³/mol. The van der Waals surface area contributed by atoms with E-state index in [1.54, 1.807) is 35.9 Å². The second kappa shape index (κ2) is 6.94. The Morgan fingerprint density at radius 3 is 2.64 bits per heavy atom. The average Bonchev–Trinajstić information content (AvgIpc) is 3.00. The van der Waals surface area contributed by atoms with Crippen LogP contribution in [0.3, 0.4) is 0 Å². The van der Waals surface area contributed by atoms with Crippen LogP contribution >= 0.6 is 11.6 Å². The van der Waals surface area contributed by atoms with Crippen LogP contribution in [-0.4, -0.2) is 22.7 Å². The van der Waals surface area contributed by atoms with Gasteiger partial charge in [-0.05, 0) is 30.7 Å². The SMILES string of the molecule is CNC(=O)c1onc(C)c1-c1ccc(=O)n(Cc2ccc(Cl)cc2)c1. The number of nitrogens with zero attached hydrogens (tertiary/aromatic N) is 2. The summed E-state index contributed by atoms with van der Waals surface area (Å²) in [5.41, 5.74) is 2.64. The van der Waals surface area contributed by atoms with Crippen LogP contribution in [0.2, 0.25) is 5.02 Å². The Kier molecular flexibility index (Phi) is 4.72. The standard InChI is InChI=1S/C18H16ClN3O3/c1-11-16(17(25-21-11)18(24)20-2)13-5-8-15(23)22(10-13)9-12-3-6-14(19)7-4-12/h3-8,10H,9H2,1-2H3,(H,20,24). The van der Waals surface area contributed by atoms with Crippen molar-refractivity contribution in [1.82, 2.24) is 15.0 Å². The summed E-state index contributed by atoms with van der Waals surface area (Å²) in [6, 6.07) is 10.4. The van der Waals surface area contributed by atoms with Gasteiger partial charge in [-0.1, -0.05) is 28.9 Å². The zero-order valence-corrected chi connectivity index (χ0v) is 14.5. The van der Waals surface area contributed by atoms with Gasteiger partial charge in [0.25, 0.3) is 11.5 Å². The first-order valence-corrected chi connectivity index (χ1v) is 8.01. The highest BCUT2D eigenvalue weighted by Gasteiger charge is 2.21. The molecule has 1 amide bonds. The molecule has 3 aromatic rings. The van der Waals surface area contributed by atoms with Crippen LogP contribution in [0.25, 0.3) is 11.1 Å². The Balaban J connectivity index is 2.03. The van der Waals surface area contributed by atoms with E-state index in [-0.39, 0.29) is 17.2 Å². The number of carbonyl (C=O) groups excluding carboxylic acids is 1. The molecule has 3 rings (SSSR count). The van der Waals surface area contributed by atoms with E-state index in [2.05, 4.69) is 10.5 Å². The van der Waals surface area contributed by atoms with E-state index in [0.717, 1.165) is 5.56 Å². The fourth-order valence-electron chi connectivity index (χ4n) is 2.57. The van der Waals surface area contributed by atoms with Crippen molar-refractivity contribution >= 4 is 17.5 Å². The van der Waals surface area contributed by atoms with E-state index < -0.39 is 0 Å². The van der Waals surface area contributed by atoms with Crippen molar-refractivity contribution in [2.75, 3.05) is 7.05 Å². The third-order valence-electron chi connectivity index (χ3n) is 3.83. The molecule has 0 aliphatic heterocycles. The highest BCUT2D eigenvalue weighted by Crippen LogP contribution is 2.26. The van der Waals surface area contributed by atoms with Gasteiger partial charge in [-0.3, -0.25) is 9.59 Å². The van der Waals surface area contributed by atoms with E-state index in [1.807, 2.05) is 12.1 Å². The molecule has 7 heteroatoms. The Labute approximate surface area is 149 Å². The van der Waals surface area contributed by atoms with E-state index in [9.17, 15) is 9.59 Å². The normalized spacial score (nSPS) is 10.7. The Morgan fingerprint density at radius 2 is 1.96 bits per heavy atom. The zero-order valence-electron chi connectivity index (χ0n) is 13.7. The number of aromatic nitrogens is 2. The third kappa shape index (κ3) is 3.49. The summed E-state index contributed by atoms with van der Waals surface area (Å²) in [6.07, 6.45) is 1.70. The Hall–Kier alpha value is -2.86. The maximum atomic E-state index is 12.2. The monoisotopic (exact) mass is 357 g/mol. The maximum Gasteiger partial charge on any atom is 0.290 e. The summed E-state index contributed by atoms with van der Waals surface area (Å²) in [5.74, 6) is -0.247. The number of carbonyl (C=O) groups is 1. The summed E-state index contributed by atoms with van der Waals surface area (Å²) >= 11 is 5.89. The number of aryl methyl sites for hydroxylation is 1. The molecule has 128 valence electrons. The summed E-state index contributed by atoms with van der Waals surface area (Å²) in [7, 11) is 1.52. The smallest absolute Gasteiger partial charge is 0.290 e. The molecule has 1 N–H and O–H groups in total. The van der Waals surface area contributed by atoms with Crippen molar-refractivity contribution in [2.24, 2.45) is 0 Å². The predicted octanol–water partition coefficient (Wildman–Crippen LogP) is 2.87. The molecular formula is C18H16ClN3O3. The number of pyridine rings is 1. The first-order chi connectivity index (χ1) is 12.0. The summed E-state index contributed by atoms with van der Waals surface area (Å²) < 4.78 is 6.71. The molecular weight excluding hydrogens is 342 g/mol. The topological polar surface area (TPSA) is 77.1 Å². The van der Waals surface area contributed by atoms with Crippen molar-refractivity contribution < 1.29 is 9.32 Å². The summed E-state index contributed by atoms with van der Waals surface area (Å²) in [5, 5.41) is 7.03. The molecule has 0 aliphatic carbocycles. The lowest BCUT2D eigenvalue weighted by Gasteiger charge is -2.09. The van der Waals surface area contributed by atoms with Crippen molar-refractivity contribution in [1.29, 1.82) is 0 Å². The fourth-order valence-corrected chi connectivity index (χ4v) is 2.69. The van der Waals surface area contributed by atoms with Crippen LogP contribution in [-0.2, 0) is 6.54 Å². The van der Waals surface area contributed by atoms with Gasteiger partial charge in [-0.2, -0.15) is 0 Å². The molecule has 0 aliphatic rings. The molecule has 2 aromatic heterocycles. The number of hydrogen-bond acceptors (Lipinski definition) is 4. The number of hydrogen-bond donors (Lipinski definition) is 1. The van der Waals surface area contributed by atoms with Crippen LogP contribution in [0.5, 0.6) is 0 Å². The second-order valence-corrected chi connectivity index (χ2v) is 6.00. The molecule has 0 radical (unpaired) electrons. The molecule has 6 nitrogen and oxygen atoms in total. The van der Waals surface area contributed by atoms with Gasteiger partial charge in [0, 0.05) is 29.9 Å². The van der Waals surface area contributed by atoms with Gasteiger partial charge in [-0.25, -0.2) is 0 Å². The van der Waals surface area contributed by atoms with Crippen molar-refractivity contribution in [3.05, 3.63) is 75.0 Å². The number of rotatable bonds is 4. The average molecular weight is 358 g/mol. The lowest BCUT2D eigenvalue weighted by Crippen LogP contribution is -2.20. The van der Waals surface area contributed by atoms with Crippen molar-refractivity contribution in [3.63, 3.8) is 0 Å². The van der Waals surface area contributed by atoms with E-state index in [0.29, 0.717) is 28.4 Å². The minimum Gasteiger partial charge on any atom is -0.352 e. The summed E-state index contributed by atoms with van der Waals surface area (Å²) in [4.78, 5) is 24.2.